The zero-order valence-corrected chi connectivity index (χ0v) is 21.9. The number of nitrogens with zero attached hydrogens (tertiary/aromatic N) is 3. The second-order valence-electron chi connectivity index (χ2n) is 10.1. The maximum absolute atomic E-state index is 6.07. The van der Waals surface area contributed by atoms with Crippen LogP contribution in [-0.2, 0) is 0 Å². The number of hydrogen-bond donors (Lipinski definition) is 1. The molecule has 1 aliphatic carbocycles. The minimum atomic E-state index is -0.0422. The van der Waals surface area contributed by atoms with Gasteiger partial charge in [-0.1, -0.05) is 43.0 Å². The molecular weight excluding hydrogens is 476 g/mol. The van der Waals surface area contributed by atoms with Crippen LogP contribution < -0.4 is 15.0 Å². The minimum Gasteiger partial charge on any atom is -0.457 e. The van der Waals surface area contributed by atoms with Gasteiger partial charge >= 0.3 is 0 Å². The van der Waals surface area contributed by atoms with Crippen molar-refractivity contribution in [3.63, 3.8) is 0 Å². The summed E-state index contributed by atoms with van der Waals surface area (Å²) in [6.45, 7) is 2.07. The molecule has 2 aromatic carbocycles. The maximum atomic E-state index is 6.07. The normalized spacial score (nSPS) is 20.1. The summed E-state index contributed by atoms with van der Waals surface area (Å²) in [6.07, 6.45) is 12.9. The summed E-state index contributed by atoms with van der Waals surface area (Å²) in [6, 6.07) is 25.2. The number of benzene rings is 2. The Morgan fingerprint density at radius 3 is 2.32 bits per heavy atom. The predicted octanol–water partition coefficient (Wildman–Crippen LogP) is 7.67. The van der Waals surface area contributed by atoms with Crippen molar-refractivity contribution in [1.82, 2.24) is 14.9 Å². The van der Waals surface area contributed by atoms with Gasteiger partial charge in [-0.05, 0) is 92.1 Å². The van der Waals surface area contributed by atoms with E-state index in [-0.39, 0.29) is 12.1 Å². The van der Waals surface area contributed by atoms with E-state index in [2.05, 4.69) is 75.5 Å². The van der Waals surface area contributed by atoms with Crippen molar-refractivity contribution in [1.29, 1.82) is 0 Å². The summed E-state index contributed by atoms with van der Waals surface area (Å²) in [4.78, 5) is 6.91. The monoisotopic (exact) mass is 508 g/mol. The molecule has 37 heavy (non-hydrogen) atoms. The molecule has 0 bridgehead atoms. The van der Waals surface area contributed by atoms with Crippen molar-refractivity contribution < 1.29 is 4.74 Å². The van der Waals surface area contributed by atoms with Gasteiger partial charge in [0.2, 0.25) is 0 Å². The van der Waals surface area contributed by atoms with Gasteiger partial charge in [0.1, 0.15) is 11.5 Å². The van der Waals surface area contributed by atoms with Crippen LogP contribution in [0.3, 0.4) is 0 Å². The Hall–Kier alpha value is -3.64. The lowest BCUT2D eigenvalue weighted by atomic mass is 9.95. The Balaban J connectivity index is 1.31. The fraction of sp³-hybridized carbons (Fsp3) is 0.290. The number of aryl methyl sites for hydroxylation is 1. The highest BCUT2D eigenvalue weighted by atomic mass is 32.1. The third-order valence-corrected chi connectivity index (χ3v) is 7.86. The number of ether oxygens (including phenoxy) is 1. The lowest BCUT2D eigenvalue weighted by molar-refractivity contribution is 0.353. The van der Waals surface area contributed by atoms with Crippen LogP contribution in [0.2, 0.25) is 0 Å². The number of aromatic nitrogens is 2. The second kappa shape index (κ2) is 10.4. The van der Waals surface area contributed by atoms with E-state index in [0.29, 0.717) is 11.2 Å². The van der Waals surface area contributed by atoms with E-state index in [1.165, 1.54) is 43.2 Å². The molecule has 1 aliphatic heterocycles. The van der Waals surface area contributed by atoms with Crippen LogP contribution >= 0.6 is 12.2 Å². The van der Waals surface area contributed by atoms with E-state index < -0.39 is 0 Å². The summed E-state index contributed by atoms with van der Waals surface area (Å²) in [5.74, 6) is 1.63. The van der Waals surface area contributed by atoms with Crippen LogP contribution in [0.4, 0.5) is 5.69 Å². The lowest BCUT2D eigenvalue weighted by Gasteiger charge is -2.28. The molecule has 0 unspecified atom stereocenters. The minimum absolute atomic E-state index is 0.00360. The van der Waals surface area contributed by atoms with Gasteiger partial charge in [0.05, 0.1) is 17.8 Å². The van der Waals surface area contributed by atoms with Gasteiger partial charge in [0.15, 0.2) is 5.11 Å². The Morgan fingerprint density at radius 1 is 0.892 bits per heavy atom. The fourth-order valence-corrected chi connectivity index (χ4v) is 5.95. The molecule has 188 valence electrons. The average molecular weight is 509 g/mol. The lowest BCUT2D eigenvalue weighted by Crippen LogP contribution is -2.29. The Morgan fingerprint density at radius 2 is 1.62 bits per heavy atom. The SMILES string of the molecule is Cc1ccc(Oc2ccc(N3C(=S)N[C@H](c4ccccn4)[C@@H]3c3ccn(C4CCCCC4)c3)cc2)cc1. The van der Waals surface area contributed by atoms with Crippen molar-refractivity contribution in [2.24, 2.45) is 0 Å². The van der Waals surface area contributed by atoms with Crippen LogP contribution in [0.1, 0.15) is 67.1 Å². The molecule has 4 aromatic rings. The number of rotatable bonds is 6. The maximum Gasteiger partial charge on any atom is 0.174 e. The average Bonchev–Trinajstić information content (AvgIpc) is 3.56. The van der Waals surface area contributed by atoms with E-state index in [0.717, 1.165) is 22.9 Å². The Kier molecular flexibility index (Phi) is 6.66. The second-order valence-corrected chi connectivity index (χ2v) is 10.5. The first-order chi connectivity index (χ1) is 18.2. The third kappa shape index (κ3) is 4.98. The molecule has 2 aromatic heterocycles. The van der Waals surface area contributed by atoms with Crippen molar-refractivity contribution in [3.8, 4) is 11.5 Å². The number of pyridine rings is 1. The molecule has 3 heterocycles. The number of thiocarbonyl (C=S) groups is 1. The summed E-state index contributed by atoms with van der Waals surface area (Å²) in [7, 11) is 0. The highest BCUT2D eigenvalue weighted by Crippen LogP contribution is 2.42. The van der Waals surface area contributed by atoms with E-state index in [1.807, 2.05) is 42.6 Å². The molecule has 6 heteroatoms. The Labute approximate surface area is 224 Å². The molecule has 0 amide bonds. The first kappa shape index (κ1) is 23.7. The summed E-state index contributed by atoms with van der Waals surface area (Å²) >= 11 is 5.91. The van der Waals surface area contributed by atoms with Crippen LogP contribution in [-0.4, -0.2) is 14.7 Å². The van der Waals surface area contributed by atoms with E-state index in [1.54, 1.807) is 0 Å². The standard InChI is InChI=1S/C31H32N4OS/c1-22-10-14-26(15-11-22)36-27-16-12-25(13-17-27)35-30(29(33-31(35)37)28-9-5-6-19-32-28)23-18-20-34(21-23)24-7-3-2-4-8-24/h5-6,9-21,24,29-30H,2-4,7-8H2,1H3,(H,33,37)/t29-,30+/m1/s1. The molecular formula is C31H32N4OS. The summed E-state index contributed by atoms with van der Waals surface area (Å²) in [5, 5.41) is 4.28. The van der Waals surface area contributed by atoms with Crippen molar-refractivity contribution >= 4 is 23.0 Å². The van der Waals surface area contributed by atoms with Gasteiger partial charge in [0.25, 0.3) is 0 Å². The van der Waals surface area contributed by atoms with Gasteiger partial charge in [0, 0.05) is 30.3 Å². The zero-order valence-electron chi connectivity index (χ0n) is 21.1. The van der Waals surface area contributed by atoms with Gasteiger partial charge in [-0.3, -0.25) is 4.98 Å². The van der Waals surface area contributed by atoms with Crippen LogP contribution in [0.15, 0.2) is 91.4 Å². The molecule has 2 atom stereocenters. The van der Waals surface area contributed by atoms with Gasteiger partial charge in [-0.15, -0.1) is 0 Å². The molecule has 1 N–H and O–H groups in total. The molecule has 0 radical (unpaired) electrons. The van der Waals surface area contributed by atoms with Gasteiger partial charge < -0.3 is 19.5 Å². The summed E-state index contributed by atoms with van der Waals surface area (Å²) < 4.78 is 8.49. The zero-order chi connectivity index (χ0) is 25.2. The molecule has 0 spiro atoms. The molecule has 5 nitrogen and oxygen atoms in total. The van der Waals surface area contributed by atoms with Crippen molar-refractivity contribution in [2.45, 2.75) is 57.2 Å². The highest BCUT2D eigenvalue weighted by Gasteiger charge is 2.41. The number of anilines is 1. The van der Waals surface area contributed by atoms with Gasteiger partial charge in [-0.25, -0.2) is 0 Å². The molecule has 6 rings (SSSR count). The first-order valence-electron chi connectivity index (χ1n) is 13.2. The van der Waals surface area contributed by atoms with Gasteiger partial charge in [-0.2, -0.15) is 0 Å². The van der Waals surface area contributed by atoms with E-state index in [9.17, 15) is 0 Å². The number of hydrogen-bond acceptors (Lipinski definition) is 3. The van der Waals surface area contributed by atoms with Crippen LogP contribution in [0.25, 0.3) is 0 Å². The first-order valence-corrected chi connectivity index (χ1v) is 13.6. The third-order valence-electron chi connectivity index (χ3n) is 7.54. The highest BCUT2D eigenvalue weighted by molar-refractivity contribution is 7.80. The Bertz CT molecular complexity index is 1340. The van der Waals surface area contributed by atoms with Crippen LogP contribution in [0.5, 0.6) is 11.5 Å². The van der Waals surface area contributed by atoms with Crippen LogP contribution in [0, 0.1) is 6.92 Å². The molecule has 1 saturated heterocycles. The largest absolute Gasteiger partial charge is 0.457 e. The van der Waals surface area contributed by atoms with Crippen molar-refractivity contribution in [3.05, 3.63) is 108 Å². The summed E-state index contributed by atoms with van der Waals surface area (Å²) in [5.41, 5.74) is 4.47. The van der Waals surface area contributed by atoms with Crippen molar-refractivity contribution in [2.75, 3.05) is 4.90 Å². The number of nitrogens with one attached hydrogen (secondary N) is 1. The fourth-order valence-electron chi connectivity index (χ4n) is 5.60. The molecule has 2 aliphatic rings. The molecule has 2 fully saturated rings. The quantitative estimate of drug-likeness (QED) is 0.271. The topological polar surface area (TPSA) is 42.3 Å². The van der Waals surface area contributed by atoms with E-state index >= 15 is 0 Å². The predicted molar refractivity (Wildman–Crippen MR) is 152 cm³/mol. The molecule has 1 saturated carbocycles. The smallest absolute Gasteiger partial charge is 0.174 e. The van der Waals surface area contributed by atoms with E-state index in [4.69, 9.17) is 17.0 Å².